The molecule has 0 saturated carbocycles. The van der Waals surface area contributed by atoms with Gasteiger partial charge < -0.3 is 5.32 Å². The highest BCUT2D eigenvalue weighted by Gasteiger charge is 2.11. The monoisotopic (exact) mass is 459 g/mol. The van der Waals surface area contributed by atoms with E-state index in [0.717, 1.165) is 16.4 Å². The molecule has 4 nitrogen and oxygen atoms in total. The lowest BCUT2D eigenvalue weighted by molar-refractivity contribution is -0.118. The Morgan fingerprint density at radius 2 is 2.19 bits per heavy atom. The van der Waals surface area contributed by atoms with Gasteiger partial charge in [-0.05, 0) is 62.5 Å². The van der Waals surface area contributed by atoms with Gasteiger partial charge in [0.2, 0.25) is 5.91 Å². The third-order valence-corrected chi connectivity index (χ3v) is 7.26. The number of hydrogen-bond acceptors (Lipinski definition) is 5. The molecule has 3 rings (SSSR count). The number of carbonyl (C=O) groups is 1. The maximum atomic E-state index is 12.1. The van der Waals surface area contributed by atoms with Crippen LogP contribution >= 0.6 is 58.5 Å². The molecule has 0 spiro atoms. The zero-order valence-electron chi connectivity index (χ0n) is 14.5. The highest BCUT2D eigenvalue weighted by molar-refractivity contribution is 8.01. The summed E-state index contributed by atoms with van der Waals surface area (Å²) >= 11 is 20.2. The minimum absolute atomic E-state index is 0.0126. The Morgan fingerprint density at radius 3 is 2.93 bits per heavy atom. The lowest BCUT2D eigenvalue weighted by atomic mass is 9.97. The number of nitrogens with zero attached hydrogens (tertiary/aromatic N) is 2. The van der Waals surface area contributed by atoms with Crippen molar-refractivity contribution in [1.29, 1.82) is 0 Å². The number of carbonyl (C=O) groups excluding carboxylic acids is 1. The van der Waals surface area contributed by atoms with E-state index in [4.69, 9.17) is 35.4 Å². The number of amides is 1. The molecule has 1 N–H and O–H groups in total. The normalized spacial score (nSPS) is 14.1. The molecule has 0 aliphatic heterocycles. The number of nitrogens with one attached hydrogen (secondary N) is 1. The fourth-order valence-corrected chi connectivity index (χ4v) is 5.26. The van der Waals surface area contributed by atoms with Crippen molar-refractivity contribution in [2.45, 2.75) is 36.4 Å². The van der Waals surface area contributed by atoms with E-state index in [2.05, 4.69) is 16.5 Å². The molecule has 144 valence electrons. The summed E-state index contributed by atoms with van der Waals surface area (Å²) in [4.78, 5) is 12.1. The number of benzene rings is 1. The molecule has 0 bridgehead atoms. The first-order valence-electron chi connectivity index (χ1n) is 8.66. The van der Waals surface area contributed by atoms with Crippen molar-refractivity contribution in [2.75, 3.05) is 12.3 Å². The van der Waals surface area contributed by atoms with Gasteiger partial charge in [-0.15, -0.1) is 5.10 Å². The molecular formula is C18H19Cl2N3OS3. The SMILES string of the molecule is O=C(CSc1nn(-c2ccc(Cl)c(Cl)c2)c(=S)s1)NCCC1=CCCCC1. The Hall–Kier alpha value is -0.860. The van der Waals surface area contributed by atoms with Crippen LogP contribution in [0.15, 0.2) is 34.2 Å². The maximum absolute atomic E-state index is 12.1. The molecule has 1 amide bonds. The van der Waals surface area contributed by atoms with Crippen molar-refractivity contribution >= 4 is 64.4 Å². The lowest BCUT2D eigenvalue weighted by Gasteiger charge is -2.12. The van der Waals surface area contributed by atoms with Gasteiger partial charge in [0.1, 0.15) is 0 Å². The highest BCUT2D eigenvalue weighted by Crippen LogP contribution is 2.28. The van der Waals surface area contributed by atoms with Gasteiger partial charge in [-0.1, -0.05) is 57.9 Å². The van der Waals surface area contributed by atoms with Crippen LogP contribution in [0.5, 0.6) is 0 Å². The standard InChI is InChI=1S/C18H19Cl2N3OS3/c19-14-7-6-13(10-15(14)20)23-18(25)27-17(22-23)26-11-16(24)21-9-8-12-4-2-1-3-5-12/h4,6-7,10H,1-3,5,8-9,11H2,(H,21,24). The summed E-state index contributed by atoms with van der Waals surface area (Å²) in [6, 6.07) is 5.24. The molecule has 1 heterocycles. The molecule has 1 aliphatic carbocycles. The summed E-state index contributed by atoms with van der Waals surface area (Å²) in [7, 11) is 0. The first-order chi connectivity index (χ1) is 13.0. The second-order valence-electron chi connectivity index (χ2n) is 6.14. The molecule has 0 fully saturated rings. The molecule has 27 heavy (non-hydrogen) atoms. The molecule has 1 aromatic heterocycles. The summed E-state index contributed by atoms with van der Waals surface area (Å²) < 4.78 is 2.98. The van der Waals surface area contributed by atoms with Crippen molar-refractivity contribution in [1.82, 2.24) is 15.1 Å². The zero-order chi connectivity index (χ0) is 19.2. The van der Waals surface area contributed by atoms with E-state index in [0.29, 0.717) is 26.3 Å². The molecule has 1 aliphatic rings. The zero-order valence-corrected chi connectivity index (χ0v) is 18.5. The van der Waals surface area contributed by atoms with Gasteiger partial charge in [-0.3, -0.25) is 4.79 Å². The molecule has 9 heteroatoms. The third-order valence-electron chi connectivity index (χ3n) is 4.16. The fourth-order valence-electron chi connectivity index (χ4n) is 2.77. The van der Waals surface area contributed by atoms with E-state index in [9.17, 15) is 4.79 Å². The molecule has 0 saturated heterocycles. The van der Waals surface area contributed by atoms with Crippen LogP contribution in [0.25, 0.3) is 5.69 Å². The Bertz CT molecular complexity index is 907. The van der Waals surface area contributed by atoms with Gasteiger partial charge in [-0.2, -0.15) is 0 Å². The van der Waals surface area contributed by atoms with Crippen molar-refractivity contribution < 1.29 is 4.79 Å². The van der Waals surface area contributed by atoms with Crippen LogP contribution in [0.1, 0.15) is 32.1 Å². The van der Waals surface area contributed by atoms with Crippen molar-refractivity contribution in [3.05, 3.63) is 43.8 Å². The second-order valence-corrected chi connectivity index (χ2v) is 9.80. The van der Waals surface area contributed by atoms with Gasteiger partial charge in [0, 0.05) is 6.54 Å². The maximum Gasteiger partial charge on any atom is 0.230 e. The summed E-state index contributed by atoms with van der Waals surface area (Å²) in [6.45, 7) is 0.693. The number of aromatic nitrogens is 2. The highest BCUT2D eigenvalue weighted by atomic mass is 35.5. The van der Waals surface area contributed by atoms with Gasteiger partial charge in [0.15, 0.2) is 8.29 Å². The first-order valence-corrected chi connectivity index (χ1v) is 11.6. The van der Waals surface area contributed by atoms with Crippen molar-refractivity contribution in [3.8, 4) is 5.69 Å². The Morgan fingerprint density at radius 1 is 1.33 bits per heavy atom. The van der Waals surface area contributed by atoms with Crippen LogP contribution in [0, 0.1) is 3.95 Å². The third kappa shape index (κ3) is 6.06. The van der Waals surface area contributed by atoms with Crippen LogP contribution in [0.3, 0.4) is 0 Å². The number of hydrogen-bond donors (Lipinski definition) is 1. The predicted octanol–water partition coefficient (Wildman–Crippen LogP) is 6.07. The minimum Gasteiger partial charge on any atom is -0.355 e. The average Bonchev–Trinajstić information content (AvgIpc) is 3.04. The fraction of sp³-hybridized carbons (Fsp3) is 0.389. The number of allylic oxidation sites excluding steroid dienone is 1. The quantitative estimate of drug-likeness (QED) is 0.310. The predicted molar refractivity (Wildman–Crippen MR) is 117 cm³/mol. The molecule has 1 aromatic carbocycles. The largest absolute Gasteiger partial charge is 0.355 e. The molecule has 2 aromatic rings. The summed E-state index contributed by atoms with van der Waals surface area (Å²) in [5.41, 5.74) is 2.22. The van der Waals surface area contributed by atoms with Crippen molar-refractivity contribution in [3.63, 3.8) is 0 Å². The van der Waals surface area contributed by atoms with Crippen LogP contribution in [0.4, 0.5) is 0 Å². The van der Waals surface area contributed by atoms with Crippen LogP contribution in [0.2, 0.25) is 10.0 Å². The summed E-state index contributed by atoms with van der Waals surface area (Å²) in [6.07, 6.45) is 8.15. The molecular weight excluding hydrogens is 441 g/mol. The van der Waals surface area contributed by atoms with Gasteiger partial charge >= 0.3 is 0 Å². The Kier molecular flexibility index (Phi) is 7.78. The van der Waals surface area contributed by atoms with E-state index in [1.165, 1.54) is 54.4 Å². The second kappa shape index (κ2) is 10.1. The smallest absolute Gasteiger partial charge is 0.230 e. The van der Waals surface area contributed by atoms with Gasteiger partial charge in [-0.25, -0.2) is 4.68 Å². The van der Waals surface area contributed by atoms with Crippen LogP contribution in [-0.2, 0) is 4.79 Å². The Balaban J connectivity index is 1.51. The van der Waals surface area contributed by atoms with Gasteiger partial charge in [0.05, 0.1) is 21.5 Å². The number of halogens is 2. The van der Waals surface area contributed by atoms with E-state index >= 15 is 0 Å². The minimum atomic E-state index is 0.0126. The molecule has 0 unspecified atom stereocenters. The summed E-state index contributed by atoms with van der Waals surface area (Å²) in [5, 5.41) is 8.39. The first kappa shape index (κ1) is 20.9. The van der Waals surface area contributed by atoms with E-state index in [1.807, 2.05) is 6.07 Å². The summed E-state index contributed by atoms with van der Waals surface area (Å²) in [5.74, 6) is 0.335. The number of thioether (sulfide) groups is 1. The molecule has 0 atom stereocenters. The van der Waals surface area contributed by atoms with E-state index in [1.54, 1.807) is 16.8 Å². The van der Waals surface area contributed by atoms with E-state index in [-0.39, 0.29) is 5.91 Å². The van der Waals surface area contributed by atoms with Crippen molar-refractivity contribution in [2.24, 2.45) is 0 Å². The average molecular weight is 460 g/mol. The van der Waals surface area contributed by atoms with Gasteiger partial charge in [0.25, 0.3) is 0 Å². The van der Waals surface area contributed by atoms with Crippen LogP contribution < -0.4 is 5.32 Å². The van der Waals surface area contributed by atoms with Crippen LogP contribution in [-0.4, -0.2) is 28.0 Å². The number of rotatable bonds is 7. The topological polar surface area (TPSA) is 46.9 Å². The lowest BCUT2D eigenvalue weighted by Crippen LogP contribution is -2.26. The Labute approximate surface area is 182 Å². The molecule has 0 radical (unpaired) electrons. The van der Waals surface area contributed by atoms with E-state index < -0.39 is 0 Å².